The van der Waals surface area contributed by atoms with Crippen molar-refractivity contribution in [2.75, 3.05) is 6.61 Å². The van der Waals surface area contributed by atoms with Crippen LogP contribution in [0.2, 0.25) is 10.0 Å². The molecular weight excluding hydrogens is 492 g/mol. The Balaban J connectivity index is 1.72. The second kappa shape index (κ2) is 9.02. The van der Waals surface area contributed by atoms with Crippen molar-refractivity contribution in [2.45, 2.75) is 41.6 Å². The van der Waals surface area contributed by atoms with Crippen molar-refractivity contribution >= 4 is 46.0 Å². The summed E-state index contributed by atoms with van der Waals surface area (Å²) in [7, 11) is 0. The van der Waals surface area contributed by atoms with Crippen LogP contribution in [0.4, 0.5) is 13.2 Å². The van der Waals surface area contributed by atoms with Crippen molar-refractivity contribution in [3.05, 3.63) is 57.6 Å². The van der Waals surface area contributed by atoms with Crippen molar-refractivity contribution in [1.82, 2.24) is 9.55 Å². The van der Waals surface area contributed by atoms with Gasteiger partial charge in [-0.1, -0.05) is 53.2 Å². The Hall–Kier alpha value is -1.53. The molecule has 2 heterocycles. The van der Waals surface area contributed by atoms with Crippen LogP contribution < -0.4 is 0 Å². The monoisotopic (exact) mass is 508 g/mol. The number of imidazole rings is 1. The molecule has 12 heteroatoms. The number of hydrogen-bond donors (Lipinski definition) is 3. The number of aliphatic hydroxyl groups excluding tert-OH is 3. The minimum absolute atomic E-state index is 0.142. The molecule has 1 saturated heterocycles. The van der Waals surface area contributed by atoms with Crippen LogP contribution in [0.15, 0.2) is 41.6 Å². The number of halogens is 5. The molecule has 0 unspecified atom stereocenters. The number of thioether (sulfide) groups is 1. The maximum atomic E-state index is 13.0. The zero-order valence-corrected chi connectivity index (χ0v) is 18.5. The summed E-state index contributed by atoms with van der Waals surface area (Å²) in [5.74, 6) is 0.142. The first-order chi connectivity index (χ1) is 15.1. The number of ether oxygens (including phenoxy) is 1. The fourth-order valence-corrected chi connectivity index (χ4v) is 4.79. The van der Waals surface area contributed by atoms with E-state index in [4.69, 9.17) is 27.9 Å². The van der Waals surface area contributed by atoms with E-state index in [1.807, 2.05) is 0 Å². The van der Waals surface area contributed by atoms with Crippen LogP contribution in [0.1, 0.15) is 17.4 Å². The Bertz CT molecular complexity index is 1140. The van der Waals surface area contributed by atoms with E-state index < -0.39 is 42.9 Å². The predicted octanol–water partition coefficient (Wildman–Crippen LogP) is 4.27. The predicted molar refractivity (Wildman–Crippen MR) is 114 cm³/mol. The van der Waals surface area contributed by atoms with Gasteiger partial charge < -0.3 is 20.1 Å². The molecule has 4 atom stereocenters. The molecule has 1 fully saturated rings. The van der Waals surface area contributed by atoms with Crippen LogP contribution in [0, 0.1) is 0 Å². The summed E-state index contributed by atoms with van der Waals surface area (Å²) in [4.78, 5) is 4.48. The smallest absolute Gasteiger partial charge is 0.394 e. The summed E-state index contributed by atoms with van der Waals surface area (Å²) in [5, 5.41) is 30.9. The van der Waals surface area contributed by atoms with E-state index >= 15 is 0 Å². The number of aromatic nitrogens is 2. The molecule has 0 bridgehead atoms. The van der Waals surface area contributed by atoms with Gasteiger partial charge in [-0.2, -0.15) is 13.2 Å². The van der Waals surface area contributed by atoms with Crippen molar-refractivity contribution in [3.63, 3.8) is 0 Å². The third-order valence-electron chi connectivity index (χ3n) is 5.09. The molecule has 4 rings (SSSR count). The summed E-state index contributed by atoms with van der Waals surface area (Å²) in [5.41, 5.74) is 0.524. The molecule has 172 valence electrons. The highest BCUT2D eigenvalue weighted by atomic mass is 35.5. The molecule has 3 N–H and O–H groups in total. The molecule has 1 aliphatic heterocycles. The lowest BCUT2D eigenvalue weighted by molar-refractivity contribution is -0.137. The van der Waals surface area contributed by atoms with Gasteiger partial charge in [-0.3, -0.25) is 4.57 Å². The van der Waals surface area contributed by atoms with Crippen molar-refractivity contribution in [3.8, 4) is 0 Å². The molecule has 0 amide bonds. The van der Waals surface area contributed by atoms with E-state index in [1.165, 1.54) is 22.8 Å². The van der Waals surface area contributed by atoms with Gasteiger partial charge in [0.2, 0.25) is 0 Å². The van der Waals surface area contributed by atoms with E-state index in [0.717, 1.165) is 23.9 Å². The van der Waals surface area contributed by atoms with Crippen LogP contribution in [0.5, 0.6) is 0 Å². The average Bonchev–Trinajstić information content (AvgIpc) is 3.23. The minimum atomic E-state index is -4.46. The number of nitrogens with zero attached hydrogens (tertiary/aromatic N) is 2. The van der Waals surface area contributed by atoms with Gasteiger partial charge in [0.15, 0.2) is 11.4 Å². The molecular formula is C20H17Cl2F3N2O4S. The summed E-state index contributed by atoms with van der Waals surface area (Å²) in [6.07, 6.45) is -9.30. The van der Waals surface area contributed by atoms with Gasteiger partial charge in [-0.05, 0) is 23.8 Å². The standard InChI is InChI=1S/C20H17Cl2F3N2O4S/c21-11-5-13-14(6-12(11)22)27(18-17(30)16(29)15(7-28)31-18)19(26-13)32-8-9-2-1-3-10(4-9)20(23,24)25/h1-6,15-18,28-30H,7-8H2/t15-,16-,17-,18-/m1/s1. The van der Waals surface area contributed by atoms with Gasteiger partial charge in [0.05, 0.1) is 33.2 Å². The molecule has 32 heavy (non-hydrogen) atoms. The number of benzene rings is 2. The average molecular weight is 509 g/mol. The number of fused-ring (bicyclic) bond motifs is 1. The van der Waals surface area contributed by atoms with Gasteiger partial charge in [0.25, 0.3) is 0 Å². The maximum Gasteiger partial charge on any atom is 0.416 e. The van der Waals surface area contributed by atoms with Crippen LogP contribution in [-0.4, -0.2) is 49.8 Å². The molecule has 2 aromatic carbocycles. The summed E-state index contributed by atoms with van der Waals surface area (Å²) in [6.45, 7) is -0.513. The van der Waals surface area contributed by atoms with Gasteiger partial charge in [0.1, 0.15) is 18.3 Å². The molecule has 1 aromatic heterocycles. The number of hydrogen-bond acceptors (Lipinski definition) is 6. The maximum absolute atomic E-state index is 13.0. The Morgan fingerprint density at radius 3 is 2.47 bits per heavy atom. The van der Waals surface area contributed by atoms with Crippen LogP contribution in [0.25, 0.3) is 11.0 Å². The highest BCUT2D eigenvalue weighted by Gasteiger charge is 2.44. The zero-order chi connectivity index (χ0) is 23.2. The lowest BCUT2D eigenvalue weighted by atomic mass is 10.1. The van der Waals surface area contributed by atoms with Gasteiger partial charge in [-0.25, -0.2) is 4.98 Å². The molecule has 0 saturated carbocycles. The molecule has 0 radical (unpaired) electrons. The first-order valence-corrected chi connectivity index (χ1v) is 11.1. The Morgan fingerprint density at radius 2 is 1.81 bits per heavy atom. The van der Waals surface area contributed by atoms with Crippen molar-refractivity contribution in [2.24, 2.45) is 0 Å². The normalized spacial score (nSPS) is 23.9. The van der Waals surface area contributed by atoms with Crippen LogP contribution in [-0.2, 0) is 16.7 Å². The fraction of sp³-hybridized carbons (Fsp3) is 0.350. The van der Waals surface area contributed by atoms with Crippen molar-refractivity contribution in [1.29, 1.82) is 0 Å². The summed E-state index contributed by atoms with van der Waals surface area (Å²) < 4.78 is 46.2. The lowest BCUT2D eigenvalue weighted by Gasteiger charge is -2.20. The summed E-state index contributed by atoms with van der Waals surface area (Å²) in [6, 6.07) is 7.98. The zero-order valence-electron chi connectivity index (χ0n) is 16.1. The SMILES string of the molecule is OC[C@H]1O[C@@H](n2c(SCc3cccc(C(F)(F)F)c3)nc3cc(Cl)c(Cl)cc32)[C@H](O)[C@@H]1O. The van der Waals surface area contributed by atoms with E-state index in [-0.39, 0.29) is 15.8 Å². The fourth-order valence-electron chi connectivity index (χ4n) is 3.49. The van der Waals surface area contributed by atoms with Gasteiger partial charge in [-0.15, -0.1) is 0 Å². The third-order valence-corrected chi connectivity index (χ3v) is 6.84. The van der Waals surface area contributed by atoms with E-state index in [1.54, 1.807) is 6.07 Å². The second-order valence-corrected chi connectivity index (χ2v) is 8.99. The Kier molecular flexibility index (Phi) is 6.66. The largest absolute Gasteiger partial charge is 0.416 e. The lowest BCUT2D eigenvalue weighted by Crippen LogP contribution is -2.33. The Morgan fingerprint density at radius 1 is 1.09 bits per heavy atom. The molecule has 0 aliphatic carbocycles. The number of rotatable bonds is 5. The molecule has 0 spiro atoms. The topological polar surface area (TPSA) is 87.7 Å². The van der Waals surface area contributed by atoms with E-state index in [0.29, 0.717) is 21.8 Å². The van der Waals surface area contributed by atoms with Crippen LogP contribution >= 0.6 is 35.0 Å². The first kappa shape index (κ1) is 23.6. The van der Waals surface area contributed by atoms with Crippen molar-refractivity contribution < 1.29 is 33.2 Å². The van der Waals surface area contributed by atoms with E-state index in [2.05, 4.69) is 4.98 Å². The number of alkyl halides is 3. The summed E-state index contributed by atoms with van der Waals surface area (Å²) >= 11 is 13.4. The van der Waals surface area contributed by atoms with Crippen LogP contribution in [0.3, 0.4) is 0 Å². The molecule has 6 nitrogen and oxygen atoms in total. The first-order valence-electron chi connectivity index (χ1n) is 9.38. The highest BCUT2D eigenvalue weighted by molar-refractivity contribution is 7.98. The number of aliphatic hydroxyl groups is 3. The van der Waals surface area contributed by atoms with Gasteiger partial charge >= 0.3 is 6.18 Å². The second-order valence-electron chi connectivity index (χ2n) is 7.24. The minimum Gasteiger partial charge on any atom is -0.394 e. The van der Waals surface area contributed by atoms with Gasteiger partial charge in [0, 0.05) is 5.75 Å². The quantitative estimate of drug-likeness (QED) is 0.446. The molecule has 1 aliphatic rings. The van der Waals surface area contributed by atoms with E-state index in [9.17, 15) is 28.5 Å². The third kappa shape index (κ3) is 4.45. The molecule has 3 aromatic rings. The Labute approximate surface area is 194 Å². The highest BCUT2D eigenvalue weighted by Crippen LogP contribution is 2.39.